The second-order valence-corrected chi connectivity index (χ2v) is 7.92. The van der Waals surface area contributed by atoms with Gasteiger partial charge in [0.1, 0.15) is 16.7 Å². The van der Waals surface area contributed by atoms with Crippen molar-refractivity contribution in [3.63, 3.8) is 0 Å². The molecule has 0 aliphatic rings. The third-order valence-electron chi connectivity index (χ3n) is 5.00. The number of carbonyl (C=O) groups excluding carboxylic acids is 2. The predicted molar refractivity (Wildman–Crippen MR) is 137 cm³/mol. The molecular weight excluding hydrogens is 485 g/mol. The van der Waals surface area contributed by atoms with E-state index in [4.69, 9.17) is 16.9 Å². The summed E-state index contributed by atoms with van der Waals surface area (Å²) in [6.07, 6.45) is 3.09. The summed E-state index contributed by atoms with van der Waals surface area (Å²) < 4.78 is 14.2. The highest BCUT2D eigenvalue weighted by atomic mass is 35.5. The summed E-state index contributed by atoms with van der Waals surface area (Å²) in [5, 5.41) is 18.1. The van der Waals surface area contributed by atoms with E-state index in [-0.39, 0.29) is 17.5 Å². The van der Waals surface area contributed by atoms with Crippen molar-refractivity contribution in [1.29, 1.82) is 5.26 Å². The number of carbonyl (C=O) groups is 2. The molecule has 0 saturated heterocycles. The average molecular weight is 508 g/mol. The van der Waals surface area contributed by atoms with Crippen LogP contribution in [0.25, 0.3) is 0 Å². The van der Waals surface area contributed by atoms with Crippen molar-refractivity contribution in [2.24, 2.45) is 0 Å². The molecule has 0 radical (unpaired) electrons. The van der Waals surface area contributed by atoms with Gasteiger partial charge in [0.05, 0.1) is 23.5 Å². The molecule has 36 heavy (non-hydrogen) atoms. The number of nitriles is 1. The SMILES string of the molecule is C=CC(=O)N(C)c1cc(Nc2ncc(Cl)c(NCCCNC(=O)c3cccc(C#N)c3)n2)ccc1F. The summed E-state index contributed by atoms with van der Waals surface area (Å²) >= 11 is 6.19. The van der Waals surface area contributed by atoms with Crippen LogP contribution >= 0.6 is 11.6 Å². The highest BCUT2D eigenvalue weighted by Crippen LogP contribution is 2.26. The Hall–Kier alpha value is -4.49. The van der Waals surface area contributed by atoms with Gasteiger partial charge in [-0.15, -0.1) is 0 Å². The summed E-state index contributed by atoms with van der Waals surface area (Å²) in [4.78, 5) is 33.7. The summed E-state index contributed by atoms with van der Waals surface area (Å²) in [6.45, 7) is 4.27. The highest BCUT2D eigenvalue weighted by molar-refractivity contribution is 6.32. The number of likely N-dealkylation sites (N-methyl/N-ethyl adjacent to an activating group) is 1. The Balaban J connectivity index is 1.56. The molecule has 184 valence electrons. The van der Waals surface area contributed by atoms with Crippen LogP contribution in [-0.4, -0.2) is 41.9 Å². The molecule has 0 saturated carbocycles. The fourth-order valence-corrected chi connectivity index (χ4v) is 3.27. The van der Waals surface area contributed by atoms with Crippen LogP contribution in [0, 0.1) is 17.1 Å². The van der Waals surface area contributed by atoms with Gasteiger partial charge in [-0.2, -0.15) is 10.2 Å². The first-order chi connectivity index (χ1) is 17.3. The topological polar surface area (TPSA) is 123 Å². The van der Waals surface area contributed by atoms with Crippen molar-refractivity contribution in [3.8, 4) is 6.07 Å². The van der Waals surface area contributed by atoms with Crippen molar-refractivity contribution >= 4 is 46.6 Å². The van der Waals surface area contributed by atoms with E-state index >= 15 is 0 Å². The number of amides is 2. The molecule has 1 heterocycles. The molecular formula is C25H23ClFN7O2. The second-order valence-electron chi connectivity index (χ2n) is 7.51. The Kier molecular flexibility index (Phi) is 8.91. The molecule has 2 aromatic carbocycles. The molecule has 3 rings (SSSR count). The third kappa shape index (κ3) is 6.77. The molecule has 0 atom stereocenters. The van der Waals surface area contributed by atoms with Gasteiger partial charge in [-0.1, -0.05) is 24.2 Å². The summed E-state index contributed by atoms with van der Waals surface area (Å²) in [7, 11) is 1.44. The number of nitrogens with one attached hydrogen (secondary N) is 3. The van der Waals surface area contributed by atoms with Gasteiger partial charge in [0, 0.05) is 31.4 Å². The average Bonchev–Trinajstić information content (AvgIpc) is 2.90. The van der Waals surface area contributed by atoms with Gasteiger partial charge in [0.2, 0.25) is 11.9 Å². The van der Waals surface area contributed by atoms with E-state index in [2.05, 4.69) is 32.5 Å². The number of anilines is 4. The maximum atomic E-state index is 14.2. The lowest BCUT2D eigenvalue weighted by Crippen LogP contribution is -2.26. The number of benzene rings is 2. The molecule has 11 heteroatoms. The number of hydrogen-bond donors (Lipinski definition) is 3. The summed E-state index contributed by atoms with van der Waals surface area (Å²) in [6, 6.07) is 12.6. The van der Waals surface area contributed by atoms with Crippen LogP contribution in [0.4, 0.5) is 27.5 Å². The zero-order valence-electron chi connectivity index (χ0n) is 19.4. The highest BCUT2D eigenvalue weighted by Gasteiger charge is 2.14. The minimum atomic E-state index is -0.567. The molecule has 9 nitrogen and oxygen atoms in total. The fourth-order valence-electron chi connectivity index (χ4n) is 3.11. The Morgan fingerprint density at radius 2 is 2.06 bits per heavy atom. The minimum absolute atomic E-state index is 0.0682. The Morgan fingerprint density at radius 1 is 1.25 bits per heavy atom. The van der Waals surface area contributed by atoms with E-state index in [0.29, 0.717) is 47.2 Å². The van der Waals surface area contributed by atoms with Crippen LogP contribution in [0.2, 0.25) is 5.02 Å². The molecule has 0 aliphatic heterocycles. The van der Waals surface area contributed by atoms with Crippen molar-refractivity contribution < 1.29 is 14.0 Å². The monoisotopic (exact) mass is 507 g/mol. The first-order valence-electron chi connectivity index (χ1n) is 10.8. The third-order valence-corrected chi connectivity index (χ3v) is 5.27. The molecule has 1 aromatic heterocycles. The Morgan fingerprint density at radius 3 is 2.81 bits per heavy atom. The van der Waals surface area contributed by atoms with Gasteiger partial charge < -0.3 is 20.9 Å². The Bertz CT molecular complexity index is 1330. The smallest absolute Gasteiger partial charge is 0.251 e. The number of aromatic nitrogens is 2. The van der Waals surface area contributed by atoms with Crippen molar-refractivity contribution in [2.75, 3.05) is 35.7 Å². The van der Waals surface area contributed by atoms with E-state index in [1.807, 2.05) is 6.07 Å². The Labute approximate surface area is 212 Å². The lowest BCUT2D eigenvalue weighted by molar-refractivity contribution is -0.113. The summed E-state index contributed by atoms with van der Waals surface area (Å²) in [5.74, 6) is -0.696. The first kappa shape index (κ1) is 26.1. The van der Waals surface area contributed by atoms with Crippen LogP contribution in [0.3, 0.4) is 0 Å². The lowest BCUT2D eigenvalue weighted by Gasteiger charge is -2.17. The maximum absolute atomic E-state index is 14.2. The molecule has 0 unspecified atom stereocenters. The lowest BCUT2D eigenvalue weighted by atomic mass is 10.1. The molecule has 2 amide bonds. The predicted octanol–water partition coefficient (Wildman–Crippen LogP) is 4.27. The number of nitrogens with zero attached hydrogens (tertiary/aromatic N) is 4. The maximum Gasteiger partial charge on any atom is 0.251 e. The van der Waals surface area contributed by atoms with Gasteiger partial charge in [-0.05, 0) is 48.9 Å². The van der Waals surface area contributed by atoms with E-state index in [9.17, 15) is 14.0 Å². The molecule has 3 aromatic rings. The number of halogens is 2. The van der Waals surface area contributed by atoms with Gasteiger partial charge in [0.25, 0.3) is 5.91 Å². The second kappa shape index (κ2) is 12.3. The zero-order chi connectivity index (χ0) is 26.1. The standard InChI is InChI=1S/C25H23ClFN7O2/c1-3-22(35)34(2)21-13-18(8-9-20(21)27)32-25-31-15-19(26)23(33-25)29-10-5-11-30-24(36)17-7-4-6-16(12-17)14-28/h3-4,6-9,12-13,15H,1,5,10-11H2,2H3,(H,30,36)(H2,29,31,32,33). The number of rotatable bonds is 10. The zero-order valence-corrected chi connectivity index (χ0v) is 20.1. The van der Waals surface area contributed by atoms with Crippen LogP contribution in [0.1, 0.15) is 22.3 Å². The van der Waals surface area contributed by atoms with Gasteiger partial charge in [0.15, 0.2) is 0 Å². The van der Waals surface area contributed by atoms with Crippen molar-refractivity contribution in [3.05, 3.63) is 83.3 Å². The van der Waals surface area contributed by atoms with Gasteiger partial charge in [-0.3, -0.25) is 9.59 Å². The van der Waals surface area contributed by atoms with E-state index in [1.165, 1.54) is 37.5 Å². The molecule has 0 aliphatic carbocycles. The quantitative estimate of drug-likeness (QED) is 0.276. The van der Waals surface area contributed by atoms with Crippen LogP contribution < -0.4 is 20.9 Å². The van der Waals surface area contributed by atoms with E-state index in [1.54, 1.807) is 18.2 Å². The fraction of sp³-hybridized carbons (Fsp3) is 0.160. The molecule has 3 N–H and O–H groups in total. The van der Waals surface area contributed by atoms with Gasteiger partial charge in [-0.25, -0.2) is 9.37 Å². The van der Waals surface area contributed by atoms with Crippen molar-refractivity contribution in [2.45, 2.75) is 6.42 Å². The normalized spacial score (nSPS) is 10.2. The van der Waals surface area contributed by atoms with Crippen molar-refractivity contribution in [1.82, 2.24) is 15.3 Å². The molecule has 0 fully saturated rings. The largest absolute Gasteiger partial charge is 0.369 e. The number of hydrogen-bond acceptors (Lipinski definition) is 7. The van der Waals surface area contributed by atoms with Crippen LogP contribution in [0.15, 0.2) is 61.3 Å². The minimum Gasteiger partial charge on any atom is -0.369 e. The van der Waals surface area contributed by atoms with Crippen LogP contribution in [0.5, 0.6) is 0 Å². The van der Waals surface area contributed by atoms with E-state index < -0.39 is 11.7 Å². The van der Waals surface area contributed by atoms with E-state index in [0.717, 1.165) is 11.0 Å². The molecule has 0 spiro atoms. The summed E-state index contributed by atoms with van der Waals surface area (Å²) in [5.41, 5.74) is 1.37. The van der Waals surface area contributed by atoms with Gasteiger partial charge >= 0.3 is 0 Å². The van der Waals surface area contributed by atoms with Crippen LogP contribution in [-0.2, 0) is 4.79 Å². The first-order valence-corrected chi connectivity index (χ1v) is 11.2. The molecule has 0 bridgehead atoms.